The first-order valence-corrected chi connectivity index (χ1v) is 4.66. The second kappa shape index (κ2) is 5.94. The Kier molecular flexibility index (Phi) is 5.66. The molecule has 0 saturated carbocycles. The van der Waals surface area contributed by atoms with Crippen LogP contribution in [0.5, 0.6) is 0 Å². The van der Waals surface area contributed by atoms with E-state index in [9.17, 15) is 4.79 Å². The van der Waals surface area contributed by atoms with Crippen LogP contribution in [0.15, 0.2) is 0 Å². The summed E-state index contributed by atoms with van der Waals surface area (Å²) in [5.74, 6) is -0.990. The van der Waals surface area contributed by atoms with E-state index in [2.05, 4.69) is 0 Å². The van der Waals surface area contributed by atoms with E-state index in [0.29, 0.717) is 6.42 Å². The molecular weight excluding hydrogens is 172 g/mol. The predicted molar refractivity (Wildman–Crippen MR) is 48.6 cm³/mol. The first-order chi connectivity index (χ1) is 6.09. The molecule has 1 aliphatic rings. The zero-order valence-corrected chi connectivity index (χ0v) is 8.36. The molecule has 4 heteroatoms. The van der Waals surface area contributed by atoms with E-state index in [4.69, 9.17) is 14.9 Å². The lowest BCUT2D eigenvalue weighted by Gasteiger charge is -2.28. The van der Waals surface area contributed by atoms with Crippen molar-refractivity contribution in [1.82, 2.24) is 0 Å². The van der Waals surface area contributed by atoms with Gasteiger partial charge >= 0.3 is 5.97 Å². The fraction of sp³-hybridized carbons (Fsp3) is 0.889. The molecule has 0 aliphatic carbocycles. The van der Waals surface area contributed by atoms with Crippen LogP contribution in [0.3, 0.4) is 0 Å². The minimum atomic E-state index is -0.990. The zero-order valence-electron chi connectivity index (χ0n) is 8.36. The van der Waals surface area contributed by atoms with Crippen LogP contribution in [-0.2, 0) is 9.53 Å². The SMILES string of the molecule is CC.CC1CC(O)CC(C(=O)O)O1. The van der Waals surface area contributed by atoms with Crippen molar-refractivity contribution in [2.45, 2.75) is 51.9 Å². The Bertz CT molecular complexity index is 148. The average Bonchev–Trinajstić information content (AvgIpc) is 2.06. The Morgan fingerprint density at radius 3 is 2.31 bits per heavy atom. The van der Waals surface area contributed by atoms with Gasteiger partial charge in [-0.3, -0.25) is 0 Å². The fourth-order valence-corrected chi connectivity index (χ4v) is 1.28. The monoisotopic (exact) mass is 190 g/mol. The van der Waals surface area contributed by atoms with Gasteiger partial charge in [0.15, 0.2) is 6.10 Å². The third-order valence-electron chi connectivity index (χ3n) is 1.76. The van der Waals surface area contributed by atoms with Crippen molar-refractivity contribution >= 4 is 5.97 Å². The number of carbonyl (C=O) groups is 1. The predicted octanol–water partition coefficient (Wildman–Crippen LogP) is 1.03. The zero-order chi connectivity index (χ0) is 10.4. The molecule has 4 nitrogen and oxygen atoms in total. The number of hydrogen-bond acceptors (Lipinski definition) is 3. The van der Waals surface area contributed by atoms with Gasteiger partial charge < -0.3 is 14.9 Å². The van der Waals surface area contributed by atoms with Crippen LogP contribution in [-0.4, -0.2) is 34.5 Å². The van der Waals surface area contributed by atoms with Gasteiger partial charge in [-0.1, -0.05) is 13.8 Å². The molecule has 0 spiro atoms. The fourth-order valence-electron chi connectivity index (χ4n) is 1.28. The standard InChI is InChI=1S/C7H12O4.C2H6/c1-4-2-5(8)3-6(11-4)7(9)10;1-2/h4-6,8H,2-3H2,1H3,(H,9,10);1-2H3. The number of ether oxygens (including phenoxy) is 1. The number of aliphatic carboxylic acids is 1. The van der Waals surface area contributed by atoms with E-state index in [1.807, 2.05) is 13.8 Å². The molecule has 2 N–H and O–H groups in total. The molecule has 1 heterocycles. The van der Waals surface area contributed by atoms with Crippen LogP contribution in [0.1, 0.15) is 33.6 Å². The van der Waals surface area contributed by atoms with Crippen molar-refractivity contribution < 1.29 is 19.7 Å². The topological polar surface area (TPSA) is 66.8 Å². The normalized spacial score (nSPS) is 33.1. The summed E-state index contributed by atoms with van der Waals surface area (Å²) in [4.78, 5) is 10.4. The summed E-state index contributed by atoms with van der Waals surface area (Å²) in [5.41, 5.74) is 0. The maximum atomic E-state index is 10.4. The number of hydrogen-bond donors (Lipinski definition) is 2. The smallest absolute Gasteiger partial charge is 0.332 e. The highest BCUT2D eigenvalue weighted by atomic mass is 16.5. The second-order valence-corrected chi connectivity index (χ2v) is 2.90. The summed E-state index contributed by atoms with van der Waals surface area (Å²) < 4.78 is 5.06. The summed E-state index contributed by atoms with van der Waals surface area (Å²) in [6.45, 7) is 5.76. The van der Waals surface area contributed by atoms with E-state index in [1.54, 1.807) is 6.92 Å². The molecule has 78 valence electrons. The lowest BCUT2D eigenvalue weighted by molar-refractivity contribution is -0.164. The minimum Gasteiger partial charge on any atom is -0.479 e. The average molecular weight is 190 g/mol. The van der Waals surface area contributed by atoms with E-state index >= 15 is 0 Å². The summed E-state index contributed by atoms with van der Waals surface area (Å²) >= 11 is 0. The van der Waals surface area contributed by atoms with Crippen molar-refractivity contribution in [2.75, 3.05) is 0 Å². The Hall–Kier alpha value is -0.610. The Morgan fingerprint density at radius 1 is 1.38 bits per heavy atom. The van der Waals surface area contributed by atoms with Crippen molar-refractivity contribution in [1.29, 1.82) is 0 Å². The molecule has 1 fully saturated rings. The van der Waals surface area contributed by atoms with Crippen LogP contribution in [0.2, 0.25) is 0 Å². The van der Waals surface area contributed by atoms with E-state index in [0.717, 1.165) is 0 Å². The van der Waals surface area contributed by atoms with Gasteiger partial charge in [-0.25, -0.2) is 4.79 Å². The molecule has 1 rings (SSSR count). The molecular formula is C9H18O4. The number of aliphatic hydroxyl groups excluding tert-OH is 1. The van der Waals surface area contributed by atoms with Crippen molar-refractivity contribution in [2.24, 2.45) is 0 Å². The van der Waals surface area contributed by atoms with Gasteiger partial charge in [0.05, 0.1) is 12.2 Å². The summed E-state index contributed by atoms with van der Waals surface area (Å²) in [6.07, 6.45) is -0.767. The largest absolute Gasteiger partial charge is 0.479 e. The molecule has 0 amide bonds. The molecule has 1 saturated heterocycles. The highest BCUT2D eigenvalue weighted by Crippen LogP contribution is 2.18. The summed E-state index contributed by atoms with van der Waals surface area (Å²) in [6, 6.07) is 0. The number of rotatable bonds is 1. The van der Waals surface area contributed by atoms with Gasteiger partial charge in [0.25, 0.3) is 0 Å². The van der Waals surface area contributed by atoms with Crippen molar-refractivity contribution in [3.63, 3.8) is 0 Å². The van der Waals surface area contributed by atoms with Gasteiger partial charge in [-0.2, -0.15) is 0 Å². The van der Waals surface area contributed by atoms with Crippen LogP contribution in [0.4, 0.5) is 0 Å². The number of carboxylic acids is 1. The number of aliphatic hydroxyl groups is 1. The van der Waals surface area contributed by atoms with E-state index < -0.39 is 18.2 Å². The van der Waals surface area contributed by atoms with Gasteiger partial charge in [0, 0.05) is 6.42 Å². The Labute approximate surface area is 78.5 Å². The maximum Gasteiger partial charge on any atom is 0.332 e. The molecule has 3 atom stereocenters. The van der Waals surface area contributed by atoms with Gasteiger partial charge in [-0.15, -0.1) is 0 Å². The van der Waals surface area contributed by atoms with Crippen LogP contribution >= 0.6 is 0 Å². The van der Waals surface area contributed by atoms with Crippen LogP contribution < -0.4 is 0 Å². The van der Waals surface area contributed by atoms with Gasteiger partial charge in [0.2, 0.25) is 0 Å². The first kappa shape index (κ1) is 12.4. The molecule has 13 heavy (non-hydrogen) atoms. The Balaban J connectivity index is 0.000000671. The third kappa shape index (κ3) is 4.24. The minimum absolute atomic E-state index is 0.153. The molecule has 0 aromatic heterocycles. The molecule has 0 aromatic carbocycles. The quantitative estimate of drug-likeness (QED) is 0.648. The molecule has 1 aliphatic heterocycles. The molecule has 0 radical (unpaired) electrons. The van der Waals surface area contributed by atoms with E-state index in [1.165, 1.54) is 0 Å². The first-order valence-electron chi connectivity index (χ1n) is 4.66. The van der Waals surface area contributed by atoms with Crippen molar-refractivity contribution in [3.8, 4) is 0 Å². The molecule has 3 unspecified atom stereocenters. The molecule has 0 aromatic rings. The summed E-state index contributed by atoms with van der Waals surface area (Å²) in [5, 5.41) is 17.7. The van der Waals surface area contributed by atoms with E-state index in [-0.39, 0.29) is 12.5 Å². The lowest BCUT2D eigenvalue weighted by Crippen LogP contribution is -2.38. The highest BCUT2D eigenvalue weighted by molar-refractivity contribution is 5.72. The van der Waals surface area contributed by atoms with Gasteiger partial charge in [0.1, 0.15) is 0 Å². The molecule has 0 bridgehead atoms. The van der Waals surface area contributed by atoms with Crippen LogP contribution in [0, 0.1) is 0 Å². The summed E-state index contributed by atoms with van der Waals surface area (Å²) in [7, 11) is 0. The highest BCUT2D eigenvalue weighted by Gasteiger charge is 2.30. The second-order valence-electron chi connectivity index (χ2n) is 2.90. The maximum absolute atomic E-state index is 10.4. The third-order valence-corrected chi connectivity index (χ3v) is 1.76. The lowest BCUT2D eigenvalue weighted by atomic mass is 10.0. The van der Waals surface area contributed by atoms with Crippen molar-refractivity contribution in [3.05, 3.63) is 0 Å². The van der Waals surface area contributed by atoms with Gasteiger partial charge in [-0.05, 0) is 13.3 Å². The van der Waals surface area contributed by atoms with Crippen LogP contribution in [0.25, 0.3) is 0 Å². The Morgan fingerprint density at radius 2 is 1.92 bits per heavy atom. The number of carboxylic acid groups (broad SMARTS) is 1.